The van der Waals surface area contributed by atoms with Gasteiger partial charge in [-0.3, -0.25) is 0 Å². The van der Waals surface area contributed by atoms with Crippen molar-refractivity contribution in [2.45, 2.75) is 12.8 Å². The normalized spacial score (nSPS) is 10.2. The maximum absolute atomic E-state index is 5.66. The molecular formula is C22H26O4. The summed E-state index contributed by atoms with van der Waals surface area (Å²) in [4.78, 5) is 0. The Labute approximate surface area is 155 Å². The standard InChI is InChI=1S/C22H26O4/c1-7-9-15-11-17(21(25-5)19(13-15)23-3)18-12-16(10-8-2)14-20(24-4)22(18)26-6/h7-8,11-14H,1-2,9-10H2,3-6H3. The highest BCUT2D eigenvalue weighted by Crippen LogP contribution is 2.46. The molecule has 4 heteroatoms. The third kappa shape index (κ3) is 3.85. The largest absolute Gasteiger partial charge is 0.493 e. The molecule has 0 spiro atoms. The van der Waals surface area contributed by atoms with Gasteiger partial charge in [-0.05, 0) is 48.2 Å². The van der Waals surface area contributed by atoms with Gasteiger partial charge in [0.2, 0.25) is 0 Å². The minimum Gasteiger partial charge on any atom is -0.493 e. The third-order valence-electron chi connectivity index (χ3n) is 4.13. The lowest BCUT2D eigenvalue weighted by Crippen LogP contribution is -2.00. The maximum Gasteiger partial charge on any atom is 0.168 e. The zero-order chi connectivity index (χ0) is 19.1. The fourth-order valence-corrected chi connectivity index (χ4v) is 3.01. The van der Waals surface area contributed by atoms with Crippen LogP contribution in [0.2, 0.25) is 0 Å². The third-order valence-corrected chi connectivity index (χ3v) is 4.13. The van der Waals surface area contributed by atoms with Crippen LogP contribution < -0.4 is 18.9 Å². The summed E-state index contributed by atoms with van der Waals surface area (Å²) >= 11 is 0. The van der Waals surface area contributed by atoms with E-state index in [0.717, 1.165) is 35.1 Å². The minimum atomic E-state index is 0.649. The van der Waals surface area contributed by atoms with Crippen LogP contribution >= 0.6 is 0 Å². The van der Waals surface area contributed by atoms with Gasteiger partial charge in [-0.1, -0.05) is 12.2 Å². The predicted molar refractivity (Wildman–Crippen MR) is 106 cm³/mol. The lowest BCUT2D eigenvalue weighted by Gasteiger charge is -2.19. The molecular weight excluding hydrogens is 328 g/mol. The van der Waals surface area contributed by atoms with Crippen LogP contribution in [-0.2, 0) is 12.8 Å². The first kappa shape index (κ1) is 19.4. The Morgan fingerprint density at radius 1 is 0.654 bits per heavy atom. The van der Waals surface area contributed by atoms with E-state index in [0.29, 0.717) is 23.0 Å². The van der Waals surface area contributed by atoms with Crippen molar-refractivity contribution in [3.8, 4) is 34.1 Å². The highest BCUT2D eigenvalue weighted by molar-refractivity contribution is 5.82. The summed E-state index contributed by atoms with van der Waals surface area (Å²) in [6.45, 7) is 7.66. The van der Waals surface area contributed by atoms with E-state index in [4.69, 9.17) is 18.9 Å². The molecule has 138 valence electrons. The maximum atomic E-state index is 5.66. The molecule has 0 saturated carbocycles. The fourth-order valence-electron chi connectivity index (χ4n) is 3.01. The van der Waals surface area contributed by atoms with Gasteiger partial charge in [0.05, 0.1) is 28.4 Å². The molecule has 2 rings (SSSR count). The van der Waals surface area contributed by atoms with Crippen LogP contribution in [0.15, 0.2) is 49.6 Å². The topological polar surface area (TPSA) is 36.9 Å². The van der Waals surface area contributed by atoms with Gasteiger partial charge in [0.25, 0.3) is 0 Å². The van der Waals surface area contributed by atoms with E-state index in [1.54, 1.807) is 28.4 Å². The van der Waals surface area contributed by atoms with Crippen LogP contribution in [0.5, 0.6) is 23.0 Å². The molecule has 0 saturated heterocycles. The molecule has 0 radical (unpaired) electrons. The number of allylic oxidation sites excluding steroid dienone is 2. The lowest BCUT2D eigenvalue weighted by atomic mass is 9.96. The van der Waals surface area contributed by atoms with Crippen LogP contribution in [0.1, 0.15) is 11.1 Å². The molecule has 0 aliphatic carbocycles. The lowest BCUT2D eigenvalue weighted by molar-refractivity contribution is 0.351. The quantitative estimate of drug-likeness (QED) is 0.604. The number of rotatable bonds is 9. The number of hydrogen-bond donors (Lipinski definition) is 0. The Bertz CT molecular complexity index is 726. The minimum absolute atomic E-state index is 0.649. The van der Waals surface area contributed by atoms with E-state index in [1.165, 1.54) is 0 Å². The summed E-state index contributed by atoms with van der Waals surface area (Å²) in [5.74, 6) is 2.63. The molecule has 0 atom stereocenters. The van der Waals surface area contributed by atoms with Gasteiger partial charge in [-0.2, -0.15) is 0 Å². The summed E-state index contributed by atoms with van der Waals surface area (Å²) in [5, 5.41) is 0. The summed E-state index contributed by atoms with van der Waals surface area (Å²) in [6.07, 6.45) is 5.16. The molecule has 4 nitrogen and oxygen atoms in total. The van der Waals surface area contributed by atoms with E-state index < -0.39 is 0 Å². The number of benzene rings is 2. The number of hydrogen-bond acceptors (Lipinski definition) is 4. The van der Waals surface area contributed by atoms with E-state index in [1.807, 2.05) is 24.3 Å². The van der Waals surface area contributed by atoms with Crippen LogP contribution in [0, 0.1) is 0 Å². The molecule has 0 aliphatic heterocycles. The van der Waals surface area contributed by atoms with Gasteiger partial charge in [0, 0.05) is 11.1 Å². The van der Waals surface area contributed by atoms with Crippen molar-refractivity contribution in [2.24, 2.45) is 0 Å². The molecule has 0 heterocycles. The summed E-state index contributed by atoms with van der Waals surface area (Å²) in [7, 11) is 6.52. The number of ether oxygens (including phenoxy) is 4. The van der Waals surface area contributed by atoms with Crippen molar-refractivity contribution in [2.75, 3.05) is 28.4 Å². The Kier molecular flexibility index (Phi) is 6.73. The van der Waals surface area contributed by atoms with Crippen LogP contribution in [0.25, 0.3) is 11.1 Å². The van der Waals surface area contributed by atoms with Crippen molar-refractivity contribution in [1.29, 1.82) is 0 Å². The molecule has 2 aromatic carbocycles. The molecule has 2 aromatic rings. The molecule has 0 fully saturated rings. The monoisotopic (exact) mass is 354 g/mol. The average Bonchev–Trinajstić information content (AvgIpc) is 2.66. The first-order valence-electron chi connectivity index (χ1n) is 8.35. The van der Waals surface area contributed by atoms with Crippen molar-refractivity contribution < 1.29 is 18.9 Å². The summed E-state index contributed by atoms with van der Waals surface area (Å²) < 4.78 is 22.4. The molecule has 0 unspecified atom stereocenters. The summed E-state index contributed by atoms with van der Waals surface area (Å²) in [6, 6.07) is 8.05. The van der Waals surface area contributed by atoms with Gasteiger partial charge >= 0.3 is 0 Å². The Morgan fingerprint density at radius 2 is 1.04 bits per heavy atom. The van der Waals surface area contributed by atoms with Crippen LogP contribution in [0.4, 0.5) is 0 Å². The first-order chi connectivity index (χ1) is 12.6. The predicted octanol–water partition coefficient (Wildman–Crippen LogP) is 4.85. The second-order valence-electron chi connectivity index (χ2n) is 5.74. The molecule has 0 aliphatic rings. The molecule has 0 amide bonds. The highest BCUT2D eigenvalue weighted by Gasteiger charge is 2.20. The van der Waals surface area contributed by atoms with Crippen LogP contribution in [-0.4, -0.2) is 28.4 Å². The van der Waals surface area contributed by atoms with Crippen LogP contribution in [0.3, 0.4) is 0 Å². The molecule has 0 aromatic heterocycles. The van der Waals surface area contributed by atoms with Gasteiger partial charge in [-0.15, -0.1) is 13.2 Å². The summed E-state index contributed by atoms with van der Waals surface area (Å²) in [5.41, 5.74) is 3.90. The Hall–Kier alpha value is -2.88. The van der Waals surface area contributed by atoms with Crippen molar-refractivity contribution in [3.63, 3.8) is 0 Å². The molecule has 26 heavy (non-hydrogen) atoms. The van der Waals surface area contributed by atoms with Crippen molar-refractivity contribution >= 4 is 0 Å². The van der Waals surface area contributed by atoms with Gasteiger partial charge in [0.1, 0.15) is 0 Å². The van der Waals surface area contributed by atoms with Gasteiger partial charge < -0.3 is 18.9 Å². The second-order valence-corrected chi connectivity index (χ2v) is 5.74. The highest BCUT2D eigenvalue weighted by atomic mass is 16.5. The molecule has 0 N–H and O–H groups in total. The van der Waals surface area contributed by atoms with Crippen molar-refractivity contribution in [1.82, 2.24) is 0 Å². The smallest absolute Gasteiger partial charge is 0.168 e. The fraction of sp³-hybridized carbons (Fsp3) is 0.273. The Balaban J connectivity index is 2.83. The Morgan fingerprint density at radius 3 is 1.31 bits per heavy atom. The first-order valence-corrected chi connectivity index (χ1v) is 8.35. The van der Waals surface area contributed by atoms with Gasteiger partial charge in [0.15, 0.2) is 23.0 Å². The SMILES string of the molecule is C=CCc1cc(OC)c(OC)c(-c2cc(CC=C)cc(OC)c2OC)c1. The van der Waals surface area contributed by atoms with E-state index >= 15 is 0 Å². The zero-order valence-corrected chi connectivity index (χ0v) is 15.9. The number of methoxy groups -OCH3 is 4. The van der Waals surface area contributed by atoms with E-state index in [9.17, 15) is 0 Å². The van der Waals surface area contributed by atoms with E-state index in [-0.39, 0.29) is 0 Å². The average molecular weight is 354 g/mol. The second kappa shape index (κ2) is 8.99. The van der Waals surface area contributed by atoms with Gasteiger partial charge in [-0.25, -0.2) is 0 Å². The molecule has 0 bridgehead atoms. The van der Waals surface area contributed by atoms with E-state index in [2.05, 4.69) is 25.3 Å². The zero-order valence-electron chi connectivity index (χ0n) is 15.9. The van der Waals surface area contributed by atoms with Crippen molar-refractivity contribution in [3.05, 3.63) is 60.7 Å².